The second kappa shape index (κ2) is 9.65. The molecule has 1 aliphatic heterocycles. The molecule has 25 heavy (non-hydrogen) atoms. The Morgan fingerprint density at radius 1 is 1.12 bits per heavy atom. The fourth-order valence-electron chi connectivity index (χ4n) is 2.23. The zero-order chi connectivity index (χ0) is 19.0. The van der Waals surface area contributed by atoms with Crippen LogP contribution in [0.2, 0.25) is 0 Å². The van der Waals surface area contributed by atoms with E-state index in [4.69, 9.17) is 18.9 Å². The smallest absolute Gasteiger partial charge is 0.303 e. The normalized spacial score (nSPS) is 23.0. The lowest BCUT2D eigenvalue weighted by molar-refractivity contribution is -0.157. The van der Waals surface area contributed by atoms with Gasteiger partial charge in [-0.3, -0.25) is 19.2 Å². The van der Waals surface area contributed by atoms with Gasteiger partial charge in [0.1, 0.15) is 18.2 Å². The van der Waals surface area contributed by atoms with Gasteiger partial charge in [0.05, 0.1) is 12.9 Å². The van der Waals surface area contributed by atoms with Crippen LogP contribution in [-0.2, 0) is 38.1 Å². The third kappa shape index (κ3) is 7.23. The minimum atomic E-state index is -1.15. The first-order valence-electron chi connectivity index (χ1n) is 7.81. The van der Waals surface area contributed by atoms with Crippen molar-refractivity contribution >= 4 is 23.8 Å². The lowest BCUT2D eigenvalue weighted by Gasteiger charge is -2.33. The molecular weight excluding hydrogens is 334 g/mol. The summed E-state index contributed by atoms with van der Waals surface area (Å²) in [6.45, 7) is 5.28. The van der Waals surface area contributed by atoms with E-state index in [1.165, 1.54) is 33.1 Å². The van der Waals surface area contributed by atoms with Crippen LogP contribution < -0.4 is 5.32 Å². The van der Waals surface area contributed by atoms with Gasteiger partial charge in [0.2, 0.25) is 0 Å². The van der Waals surface area contributed by atoms with Crippen LogP contribution in [0.5, 0.6) is 0 Å². The van der Waals surface area contributed by atoms with Gasteiger partial charge in [-0.1, -0.05) is 0 Å². The minimum Gasteiger partial charge on any atom is -0.496 e. The van der Waals surface area contributed by atoms with Crippen LogP contribution in [0.25, 0.3) is 0 Å². The number of ether oxygens (including phenoxy) is 4. The molecule has 0 aromatic carbocycles. The number of amides is 1. The zero-order valence-electron chi connectivity index (χ0n) is 14.6. The van der Waals surface area contributed by atoms with Gasteiger partial charge in [-0.25, -0.2) is 0 Å². The molecule has 140 valence electrons. The zero-order valence-corrected chi connectivity index (χ0v) is 14.6. The highest BCUT2D eigenvalue weighted by molar-refractivity contribution is 5.83. The largest absolute Gasteiger partial charge is 0.496 e. The summed E-state index contributed by atoms with van der Waals surface area (Å²) in [5, 5.41) is 2.66. The first-order chi connectivity index (χ1) is 11.7. The second-order valence-electron chi connectivity index (χ2n) is 5.50. The summed E-state index contributed by atoms with van der Waals surface area (Å²) in [6.07, 6.45) is 0.576. The van der Waals surface area contributed by atoms with Gasteiger partial charge < -0.3 is 24.3 Å². The highest BCUT2D eigenvalue weighted by Crippen LogP contribution is 2.16. The highest BCUT2D eigenvalue weighted by Gasteiger charge is 2.35. The average molecular weight is 357 g/mol. The number of carbonyl (C=O) groups is 4. The molecule has 1 N–H and O–H groups in total. The van der Waals surface area contributed by atoms with Gasteiger partial charge in [0, 0.05) is 27.2 Å². The maximum Gasteiger partial charge on any atom is 0.303 e. The third-order valence-corrected chi connectivity index (χ3v) is 3.32. The van der Waals surface area contributed by atoms with Crippen molar-refractivity contribution in [2.45, 2.75) is 58.5 Å². The molecule has 0 saturated heterocycles. The van der Waals surface area contributed by atoms with E-state index < -0.39 is 48.2 Å². The molecule has 1 rings (SSSR count). The van der Waals surface area contributed by atoms with Gasteiger partial charge in [0.25, 0.3) is 5.91 Å². The van der Waals surface area contributed by atoms with Crippen molar-refractivity contribution < 1.29 is 38.1 Å². The van der Waals surface area contributed by atoms with Gasteiger partial charge in [0.15, 0.2) is 6.10 Å². The summed E-state index contributed by atoms with van der Waals surface area (Å²) < 4.78 is 20.2. The molecule has 9 nitrogen and oxygen atoms in total. The van der Waals surface area contributed by atoms with Crippen LogP contribution in [0.1, 0.15) is 34.1 Å². The summed E-state index contributed by atoms with van der Waals surface area (Å²) >= 11 is 0. The molecule has 0 aromatic rings. The standard InChI is InChI=1S/C16H23NO8/c1-9-15(13(5-7-22-9)24-11(3)19)17-16(21)14(25-12(4)20)6-8-23-10(2)18/h5,7,9,13-15H,6,8H2,1-4H3,(H,17,21)/t9-,13-,14+,15-/m1/s1. The molecule has 1 heterocycles. The molecular formula is C16H23NO8. The summed E-state index contributed by atoms with van der Waals surface area (Å²) in [5.41, 5.74) is 0. The van der Waals surface area contributed by atoms with Crippen molar-refractivity contribution in [1.29, 1.82) is 0 Å². The summed E-state index contributed by atoms with van der Waals surface area (Å²) in [6, 6.07) is -0.659. The molecule has 0 unspecified atom stereocenters. The predicted octanol–water partition coefficient (Wildman–Crippen LogP) is 0.220. The van der Waals surface area contributed by atoms with E-state index in [9.17, 15) is 19.2 Å². The molecule has 0 fully saturated rings. The van der Waals surface area contributed by atoms with Crippen LogP contribution in [0.4, 0.5) is 0 Å². The second-order valence-corrected chi connectivity index (χ2v) is 5.50. The topological polar surface area (TPSA) is 117 Å². The summed E-state index contributed by atoms with van der Waals surface area (Å²) in [7, 11) is 0. The van der Waals surface area contributed by atoms with Crippen LogP contribution in [0, 0.1) is 0 Å². The van der Waals surface area contributed by atoms with Gasteiger partial charge in [-0.2, -0.15) is 0 Å². The first kappa shape index (κ1) is 20.5. The molecule has 1 aliphatic rings. The number of nitrogens with one attached hydrogen (secondary N) is 1. The van der Waals surface area contributed by atoms with E-state index >= 15 is 0 Å². The van der Waals surface area contributed by atoms with Crippen LogP contribution >= 0.6 is 0 Å². The molecule has 0 aromatic heterocycles. The van der Waals surface area contributed by atoms with Gasteiger partial charge in [-0.05, 0) is 13.0 Å². The maximum atomic E-state index is 12.5. The van der Waals surface area contributed by atoms with Crippen molar-refractivity contribution in [1.82, 2.24) is 5.32 Å². The van der Waals surface area contributed by atoms with E-state index in [-0.39, 0.29) is 13.0 Å². The van der Waals surface area contributed by atoms with Gasteiger partial charge in [-0.15, -0.1) is 0 Å². The molecule has 0 radical (unpaired) electrons. The number of hydrogen-bond donors (Lipinski definition) is 1. The number of rotatable bonds is 7. The summed E-state index contributed by atoms with van der Waals surface area (Å²) in [4.78, 5) is 45.7. The molecule has 4 atom stereocenters. The van der Waals surface area contributed by atoms with Crippen LogP contribution in [0.15, 0.2) is 12.3 Å². The molecule has 0 aliphatic carbocycles. The molecule has 1 amide bonds. The fourth-order valence-corrected chi connectivity index (χ4v) is 2.23. The average Bonchev–Trinajstić information content (AvgIpc) is 2.48. The summed E-state index contributed by atoms with van der Waals surface area (Å²) in [5.74, 6) is -2.26. The maximum absolute atomic E-state index is 12.5. The Kier molecular flexibility index (Phi) is 7.90. The Morgan fingerprint density at radius 2 is 1.80 bits per heavy atom. The molecule has 0 saturated carbocycles. The highest BCUT2D eigenvalue weighted by atomic mass is 16.6. The van der Waals surface area contributed by atoms with Crippen molar-refractivity contribution in [2.24, 2.45) is 0 Å². The molecule has 9 heteroatoms. The van der Waals surface area contributed by atoms with Crippen LogP contribution in [-0.4, -0.2) is 54.8 Å². The van der Waals surface area contributed by atoms with Crippen LogP contribution in [0.3, 0.4) is 0 Å². The minimum absolute atomic E-state index is 0.00101. The van der Waals surface area contributed by atoms with E-state index in [0.29, 0.717) is 0 Å². The first-order valence-corrected chi connectivity index (χ1v) is 7.81. The van der Waals surface area contributed by atoms with Crippen molar-refractivity contribution in [3.63, 3.8) is 0 Å². The van der Waals surface area contributed by atoms with E-state index in [1.807, 2.05) is 0 Å². The van der Waals surface area contributed by atoms with E-state index in [2.05, 4.69) is 5.32 Å². The van der Waals surface area contributed by atoms with E-state index in [1.54, 1.807) is 6.92 Å². The van der Waals surface area contributed by atoms with Crippen molar-refractivity contribution in [3.8, 4) is 0 Å². The lowest BCUT2D eigenvalue weighted by atomic mass is 10.0. The molecule has 0 spiro atoms. The Bertz CT molecular complexity index is 544. The number of esters is 3. The Hall–Kier alpha value is -2.58. The van der Waals surface area contributed by atoms with Gasteiger partial charge >= 0.3 is 17.9 Å². The Balaban J connectivity index is 2.77. The number of hydrogen-bond acceptors (Lipinski definition) is 8. The Morgan fingerprint density at radius 3 is 2.36 bits per heavy atom. The monoisotopic (exact) mass is 357 g/mol. The quantitative estimate of drug-likeness (QED) is 0.508. The third-order valence-electron chi connectivity index (χ3n) is 3.32. The van der Waals surface area contributed by atoms with Crippen molar-refractivity contribution in [3.05, 3.63) is 12.3 Å². The van der Waals surface area contributed by atoms with Crippen molar-refractivity contribution in [2.75, 3.05) is 6.61 Å². The Labute approximate surface area is 145 Å². The lowest BCUT2D eigenvalue weighted by Crippen LogP contribution is -2.55. The number of carbonyl (C=O) groups excluding carboxylic acids is 4. The molecule has 0 bridgehead atoms. The SMILES string of the molecule is CC(=O)OCC[C@H](OC(C)=O)C(=O)N[C@@H]1[C@@H](C)OC=C[C@H]1OC(C)=O. The fraction of sp³-hybridized carbons (Fsp3) is 0.625. The van der Waals surface area contributed by atoms with E-state index in [0.717, 1.165) is 0 Å². The predicted molar refractivity (Wildman–Crippen MR) is 84.0 cm³/mol.